The molecule has 2 aliphatic rings. The monoisotopic (exact) mass is 345 g/mol. The minimum Gasteiger partial charge on any atom is -0.493 e. The first kappa shape index (κ1) is 15.4. The summed E-state index contributed by atoms with van der Waals surface area (Å²) >= 11 is 1.24. The zero-order valence-corrected chi connectivity index (χ0v) is 14.1. The lowest BCUT2D eigenvalue weighted by atomic mass is 9.95. The zero-order valence-electron chi connectivity index (χ0n) is 13.3. The van der Waals surface area contributed by atoms with Gasteiger partial charge >= 0.3 is 0 Å². The van der Waals surface area contributed by atoms with E-state index in [0.717, 1.165) is 12.8 Å². The van der Waals surface area contributed by atoms with Gasteiger partial charge in [0.05, 0.1) is 13.3 Å². The van der Waals surface area contributed by atoms with Gasteiger partial charge in [0.15, 0.2) is 16.5 Å². The number of nitrogens with one attached hydrogen (secondary N) is 2. The molecule has 1 amide bonds. The van der Waals surface area contributed by atoms with Gasteiger partial charge in [-0.05, 0) is 31.4 Å². The normalized spacial score (nSPS) is 24.8. The number of fused-ring (bicyclic) bond motifs is 2. The molecule has 0 unspecified atom stereocenters. The molecule has 0 spiro atoms. The molecule has 6 nitrogen and oxygen atoms in total. The Morgan fingerprint density at radius 3 is 2.88 bits per heavy atom. The average Bonchev–Trinajstić information content (AvgIpc) is 3.32. The second-order valence-electron chi connectivity index (χ2n) is 6.10. The molecule has 1 aromatic carbocycles. The number of para-hydroxylation sites is 2. The van der Waals surface area contributed by atoms with E-state index >= 15 is 0 Å². The van der Waals surface area contributed by atoms with Crippen LogP contribution in [0, 0.1) is 0 Å². The van der Waals surface area contributed by atoms with Gasteiger partial charge in [0, 0.05) is 18.1 Å². The number of rotatable bonds is 5. The zero-order chi connectivity index (χ0) is 16.5. The topological polar surface area (TPSA) is 72.5 Å². The van der Waals surface area contributed by atoms with Crippen LogP contribution in [-0.4, -0.2) is 36.1 Å². The van der Waals surface area contributed by atoms with Crippen molar-refractivity contribution >= 4 is 17.2 Å². The van der Waals surface area contributed by atoms with Gasteiger partial charge in [-0.2, -0.15) is 0 Å². The number of hydrogen-bond acceptors (Lipinski definition) is 6. The largest absolute Gasteiger partial charge is 0.493 e. The smallest absolute Gasteiger partial charge is 0.280 e. The van der Waals surface area contributed by atoms with Crippen molar-refractivity contribution in [1.82, 2.24) is 15.6 Å². The van der Waals surface area contributed by atoms with E-state index in [1.807, 2.05) is 24.3 Å². The van der Waals surface area contributed by atoms with Gasteiger partial charge < -0.3 is 20.1 Å². The maximum atomic E-state index is 12.4. The van der Waals surface area contributed by atoms with E-state index in [2.05, 4.69) is 15.6 Å². The Kier molecular flexibility index (Phi) is 4.12. The highest BCUT2D eigenvalue weighted by Gasteiger charge is 2.39. The molecule has 126 valence electrons. The van der Waals surface area contributed by atoms with Crippen molar-refractivity contribution in [2.24, 2.45) is 0 Å². The van der Waals surface area contributed by atoms with Gasteiger partial charge in [-0.3, -0.25) is 4.79 Å². The number of hydrogen-bond donors (Lipinski definition) is 2. The van der Waals surface area contributed by atoms with Crippen LogP contribution in [0.1, 0.15) is 29.1 Å². The Labute approximate surface area is 144 Å². The average molecular weight is 345 g/mol. The fourth-order valence-electron chi connectivity index (χ4n) is 3.44. The summed E-state index contributed by atoms with van der Waals surface area (Å²) in [4.78, 5) is 16.6. The number of carbonyl (C=O) groups is 1. The summed E-state index contributed by atoms with van der Waals surface area (Å²) < 4.78 is 11.1. The van der Waals surface area contributed by atoms with Crippen LogP contribution in [0.5, 0.6) is 16.6 Å². The predicted octanol–water partition coefficient (Wildman–Crippen LogP) is 2.57. The highest BCUT2D eigenvalue weighted by Crippen LogP contribution is 2.34. The molecular weight excluding hydrogens is 326 g/mol. The van der Waals surface area contributed by atoms with Crippen LogP contribution in [0.4, 0.5) is 0 Å². The molecule has 2 bridgehead atoms. The minimum absolute atomic E-state index is 0.130. The van der Waals surface area contributed by atoms with E-state index in [0.29, 0.717) is 33.7 Å². The Bertz CT molecular complexity index is 748. The molecule has 0 radical (unpaired) electrons. The van der Waals surface area contributed by atoms with Crippen LogP contribution in [-0.2, 0) is 0 Å². The molecule has 24 heavy (non-hydrogen) atoms. The Morgan fingerprint density at radius 1 is 1.33 bits per heavy atom. The van der Waals surface area contributed by atoms with Crippen molar-refractivity contribution in [3.8, 4) is 16.6 Å². The Balaban J connectivity index is 1.42. The van der Waals surface area contributed by atoms with Gasteiger partial charge in [-0.25, -0.2) is 4.98 Å². The number of carbonyl (C=O) groups excluding carboxylic acids is 1. The molecule has 2 saturated heterocycles. The van der Waals surface area contributed by atoms with E-state index in [9.17, 15) is 4.79 Å². The van der Waals surface area contributed by atoms with Crippen LogP contribution < -0.4 is 20.1 Å². The van der Waals surface area contributed by atoms with Gasteiger partial charge in [0.25, 0.3) is 5.91 Å². The Hall–Kier alpha value is -2.12. The number of amides is 1. The Morgan fingerprint density at radius 2 is 2.17 bits per heavy atom. The van der Waals surface area contributed by atoms with Crippen molar-refractivity contribution < 1.29 is 14.3 Å². The highest BCUT2D eigenvalue weighted by molar-refractivity contribution is 7.15. The quantitative estimate of drug-likeness (QED) is 0.871. The maximum absolute atomic E-state index is 12.4. The van der Waals surface area contributed by atoms with Gasteiger partial charge in [-0.1, -0.05) is 23.5 Å². The molecule has 3 heterocycles. The summed E-state index contributed by atoms with van der Waals surface area (Å²) in [6.45, 7) is 0. The lowest BCUT2D eigenvalue weighted by Crippen LogP contribution is -2.42. The van der Waals surface area contributed by atoms with Crippen LogP contribution in [0.25, 0.3) is 0 Å². The van der Waals surface area contributed by atoms with Crippen LogP contribution >= 0.6 is 11.3 Å². The number of nitrogens with zero attached hydrogens (tertiary/aromatic N) is 1. The molecule has 0 saturated carbocycles. The fourth-order valence-corrected chi connectivity index (χ4v) is 4.12. The summed E-state index contributed by atoms with van der Waals surface area (Å²) in [6, 6.07) is 8.56. The van der Waals surface area contributed by atoms with Crippen molar-refractivity contribution in [3.05, 3.63) is 35.5 Å². The van der Waals surface area contributed by atoms with Crippen LogP contribution in [0.3, 0.4) is 0 Å². The first-order chi connectivity index (χ1) is 11.7. The predicted molar refractivity (Wildman–Crippen MR) is 91.0 cm³/mol. The summed E-state index contributed by atoms with van der Waals surface area (Å²) in [5.74, 6) is 1.12. The van der Waals surface area contributed by atoms with E-state index < -0.39 is 0 Å². The van der Waals surface area contributed by atoms with E-state index in [1.54, 1.807) is 13.3 Å². The molecule has 0 aliphatic carbocycles. The lowest BCUT2D eigenvalue weighted by molar-refractivity contribution is 0.0930. The third-order valence-corrected chi connectivity index (χ3v) is 5.45. The summed E-state index contributed by atoms with van der Waals surface area (Å²) in [6.07, 6.45) is 4.93. The standard InChI is InChI=1S/C17H19N3O3S/c1-22-13-4-2-3-5-14(13)23-15-9-18-17(24-15)16(21)20-12-8-10-6-7-11(12)19-10/h2-5,9-12,19H,6-8H2,1H3,(H,20,21)/t10-,11+,12-/m1/s1. The van der Waals surface area contributed by atoms with Crippen molar-refractivity contribution in [1.29, 1.82) is 0 Å². The van der Waals surface area contributed by atoms with Gasteiger partial charge in [0.1, 0.15) is 0 Å². The first-order valence-electron chi connectivity index (χ1n) is 8.06. The van der Waals surface area contributed by atoms with Crippen LogP contribution in [0.15, 0.2) is 30.5 Å². The SMILES string of the molecule is COc1ccccc1Oc1cnc(C(=O)N[C@@H]2C[C@H]3CC[C@@H]2N3)s1. The molecule has 2 aromatic rings. The minimum atomic E-state index is -0.130. The first-order valence-corrected chi connectivity index (χ1v) is 8.88. The molecule has 2 N–H and O–H groups in total. The van der Waals surface area contributed by atoms with Crippen LogP contribution in [0.2, 0.25) is 0 Å². The van der Waals surface area contributed by atoms with Crippen molar-refractivity contribution in [2.45, 2.75) is 37.4 Å². The van der Waals surface area contributed by atoms with Crippen molar-refractivity contribution in [2.75, 3.05) is 7.11 Å². The van der Waals surface area contributed by atoms with Crippen molar-refractivity contribution in [3.63, 3.8) is 0 Å². The second kappa shape index (κ2) is 6.41. The molecule has 2 aliphatic heterocycles. The number of thiazole rings is 1. The van der Waals surface area contributed by atoms with Gasteiger partial charge in [-0.15, -0.1) is 0 Å². The molecule has 1 aromatic heterocycles. The summed E-state index contributed by atoms with van der Waals surface area (Å²) in [5, 5.41) is 7.59. The molecular formula is C17H19N3O3S. The highest BCUT2D eigenvalue weighted by atomic mass is 32.1. The fraction of sp³-hybridized carbons (Fsp3) is 0.412. The number of ether oxygens (including phenoxy) is 2. The number of methoxy groups -OCH3 is 1. The van der Waals surface area contributed by atoms with E-state index in [4.69, 9.17) is 9.47 Å². The molecule has 4 rings (SSSR count). The molecule has 3 atom stereocenters. The third kappa shape index (κ3) is 2.97. The second-order valence-corrected chi connectivity index (χ2v) is 7.09. The maximum Gasteiger partial charge on any atom is 0.280 e. The number of benzene rings is 1. The van der Waals surface area contributed by atoms with E-state index in [-0.39, 0.29) is 11.9 Å². The summed E-state index contributed by atoms with van der Waals surface area (Å²) in [5.41, 5.74) is 0. The molecule has 2 fully saturated rings. The number of aromatic nitrogens is 1. The summed E-state index contributed by atoms with van der Waals surface area (Å²) in [7, 11) is 1.59. The lowest BCUT2D eigenvalue weighted by Gasteiger charge is -2.20. The molecule has 7 heteroatoms. The van der Waals surface area contributed by atoms with Gasteiger partial charge in [0.2, 0.25) is 5.06 Å². The van der Waals surface area contributed by atoms with E-state index in [1.165, 1.54) is 17.8 Å². The third-order valence-electron chi connectivity index (χ3n) is 4.57.